The van der Waals surface area contributed by atoms with E-state index in [9.17, 15) is 19.5 Å². The smallest absolute Gasteiger partial charge is 0.308 e. The number of thiophene rings is 1. The maximum atomic E-state index is 13.0. The van der Waals surface area contributed by atoms with Gasteiger partial charge < -0.3 is 14.9 Å². The number of fused-ring (bicyclic) bond motifs is 1. The van der Waals surface area contributed by atoms with Crippen LogP contribution in [0.2, 0.25) is 0 Å². The molecule has 1 N–H and O–H groups in total. The highest BCUT2D eigenvalue weighted by Gasteiger charge is 2.29. The fourth-order valence-electron chi connectivity index (χ4n) is 3.64. The molecular weight excluding hydrogens is 406 g/mol. The number of likely N-dealkylation sites (N-methyl/N-ethyl adjacent to an activating group) is 1. The molecule has 30 heavy (non-hydrogen) atoms. The molecule has 1 aliphatic rings. The summed E-state index contributed by atoms with van der Waals surface area (Å²) in [6.45, 7) is 0.554. The van der Waals surface area contributed by atoms with Crippen LogP contribution in [0.1, 0.15) is 23.2 Å². The monoisotopic (exact) mass is 427 g/mol. The second kappa shape index (κ2) is 8.23. The van der Waals surface area contributed by atoms with Gasteiger partial charge in [-0.05, 0) is 30.4 Å². The summed E-state index contributed by atoms with van der Waals surface area (Å²) in [6, 6.07) is 5.75. The molecule has 3 aromatic rings. The molecule has 0 bridgehead atoms. The number of piperidine rings is 1. The molecule has 1 saturated heterocycles. The Kier molecular flexibility index (Phi) is 5.49. The van der Waals surface area contributed by atoms with E-state index in [1.807, 2.05) is 23.6 Å². The van der Waals surface area contributed by atoms with Gasteiger partial charge in [0, 0.05) is 26.3 Å². The third kappa shape index (κ3) is 3.78. The Hall–Kier alpha value is -3.27. The van der Waals surface area contributed by atoms with Crippen molar-refractivity contribution >= 4 is 34.8 Å². The maximum absolute atomic E-state index is 13.0. The molecule has 1 fully saturated rings. The topological polar surface area (TPSA) is 108 Å². The lowest BCUT2D eigenvalue weighted by Crippen LogP contribution is -2.46. The van der Waals surface area contributed by atoms with E-state index in [0.29, 0.717) is 30.6 Å². The molecule has 0 saturated carbocycles. The number of nitrogens with zero attached hydrogens (tertiary/aromatic N) is 5. The van der Waals surface area contributed by atoms with E-state index in [1.54, 1.807) is 29.1 Å². The molecule has 3 aromatic heterocycles. The number of hydrogen-bond acceptors (Lipinski definition) is 6. The standard InChI is InChI=1S/C20H21N5O4S/c1-23(12-17(26)24-8-2-4-13(11-24)20(28)29)19(27)14-10-22-25-15(6-7-21-18(14)25)16-5-3-9-30-16/h3,5-7,9-10,13H,2,4,8,11-12H2,1H3,(H,28,29). The highest BCUT2D eigenvalue weighted by Crippen LogP contribution is 2.25. The lowest BCUT2D eigenvalue weighted by Gasteiger charge is -2.32. The molecule has 156 valence electrons. The summed E-state index contributed by atoms with van der Waals surface area (Å²) in [4.78, 5) is 45.0. The van der Waals surface area contributed by atoms with Gasteiger partial charge in [-0.25, -0.2) is 9.50 Å². The summed E-state index contributed by atoms with van der Waals surface area (Å²) in [7, 11) is 1.55. The van der Waals surface area contributed by atoms with E-state index in [4.69, 9.17) is 0 Å². The molecular formula is C20H21N5O4S. The third-order valence-electron chi connectivity index (χ3n) is 5.25. The van der Waals surface area contributed by atoms with Gasteiger partial charge in [0.1, 0.15) is 5.56 Å². The van der Waals surface area contributed by atoms with Gasteiger partial charge in [0.05, 0.1) is 29.2 Å². The number of carboxylic acids is 1. The maximum Gasteiger partial charge on any atom is 0.308 e. The Labute approximate surface area is 176 Å². The summed E-state index contributed by atoms with van der Waals surface area (Å²) in [5.74, 6) is -2.07. The minimum Gasteiger partial charge on any atom is -0.481 e. The predicted molar refractivity (Wildman–Crippen MR) is 110 cm³/mol. The Morgan fingerprint density at radius 2 is 2.17 bits per heavy atom. The zero-order valence-corrected chi connectivity index (χ0v) is 17.2. The van der Waals surface area contributed by atoms with Gasteiger partial charge in [0.15, 0.2) is 5.65 Å². The van der Waals surface area contributed by atoms with E-state index >= 15 is 0 Å². The van der Waals surface area contributed by atoms with Crippen LogP contribution in [0.25, 0.3) is 16.2 Å². The summed E-state index contributed by atoms with van der Waals surface area (Å²) < 4.78 is 1.62. The average molecular weight is 427 g/mol. The van der Waals surface area contributed by atoms with Crippen LogP contribution in [-0.4, -0.2) is 74.0 Å². The number of carbonyl (C=O) groups is 3. The van der Waals surface area contributed by atoms with E-state index < -0.39 is 11.9 Å². The van der Waals surface area contributed by atoms with Crippen molar-refractivity contribution in [2.45, 2.75) is 12.8 Å². The second-order valence-corrected chi connectivity index (χ2v) is 8.23. The lowest BCUT2D eigenvalue weighted by molar-refractivity contribution is -0.145. The van der Waals surface area contributed by atoms with Crippen LogP contribution >= 0.6 is 11.3 Å². The van der Waals surface area contributed by atoms with E-state index in [0.717, 1.165) is 10.6 Å². The summed E-state index contributed by atoms with van der Waals surface area (Å²) in [5, 5.41) is 15.5. The summed E-state index contributed by atoms with van der Waals surface area (Å²) >= 11 is 1.57. The van der Waals surface area contributed by atoms with Crippen molar-refractivity contribution in [3.8, 4) is 10.6 Å². The Balaban J connectivity index is 1.50. The molecule has 2 amide bonds. The van der Waals surface area contributed by atoms with E-state index in [1.165, 1.54) is 16.0 Å². The van der Waals surface area contributed by atoms with E-state index in [-0.39, 0.29) is 24.9 Å². The average Bonchev–Trinajstić information content (AvgIpc) is 3.43. The van der Waals surface area contributed by atoms with Crippen LogP contribution in [0.4, 0.5) is 0 Å². The van der Waals surface area contributed by atoms with Crippen LogP contribution in [0, 0.1) is 5.92 Å². The van der Waals surface area contributed by atoms with Crippen molar-refractivity contribution in [3.05, 3.63) is 41.5 Å². The Morgan fingerprint density at radius 3 is 2.90 bits per heavy atom. The number of likely N-dealkylation sites (tertiary alicyclic amines) is 1. The van der Waals surface area contributed by atoms with Crippen LogP contribution in [0.3, 0.4) is 0 Å². The minimum atomic E-state index is -0.893. The lowest BCUT2D eigenvalue weighted by atomic mass is 9.98. The van der Waals surface area contributed by atoms with Crippen molar-refractivity contribution in [3.63, 3.8) is 0 Å². The fourth-order valence-corrected chi connectivity index (χ4v) is 4.37. The summed E-state index contributed by atoms with van der Waals surface area (Å²) in [5.41, 5.74) is 1.57. The molecule has 1 unspecified atom stereocenters. The first-order valence-electron chi connectivity index (χ1n) is 9.58. The van der Waals surface area contributed by atoms with E-state index in [2.05, 4.69) is 10.1 Å². The molecule has 4 rings (SSSR count). The fraction of sp³-hybridized carbons (Fsp3) is 0.350. The normalized spacial score (nSPS) is 16.6. The Bertz CT molecular complexity index is 1090. The highest BCUT2D eigenvalue weighted by atomic mass is 32.1. The second-order valence-electron chi connectivity index (χ2n) is 7.28. The van der Waals surface area contributed by atoms with Crippen LogP contribution in [-0.2, 0) is 9.59 Å². The minimum absolute atomic E-state index is 0.132. The zero-order chi connectivity index (χ0) is 21.3. The molecule has 0 aromatic carbocycles. The first kappa shape index (κ1) is 20.0. The number of amides is 2. The van der Waals surface area contributed by atoms with Crippen LogP contribution < -0.4 is 0 Å². The number of carboxylic acid groups (broad SMARTS) is 1. The number of hydrogen-bond donors (Lipinski definition) is 1. The number of aromatic nitrogens is 3. The largest absolute Gasteiger partial charge is 0.481 e. The molecule has 1 aliphatic heterocycles. The van der Waals surface area contributed by atoms with Gasteiger partial charge in [-0.1, -0.05) is 6.07 Å². The van der Waals surface area contributed by atoms with Crippen molar-refractivity contribution < 1.29 is 19.5 Å². The first-order valence-corrected chi connectivity index (χ1v) is 10.5. The number of rotatable bonds is 5. The first-order chi connectivity index (χ1) is 14.5. The SMILES string of the molecule is CN(CC(=O)N1CCCC(C(=O)O)C1)C(=O)c1cnn2c(-c3cccs3)ccnc12. The predicted octanol–water partition coefficient (Wildman–Crippen LogP) is 1.85. The van der Waals surface area contributed by atoms with Crippen LogP contribution in [0.5, 0.6) is 0 Å². The highest BCUT2D eigenvalue weighted by molar-refractivity contribution is 7.13. The van der Waals surface area contributed by atoms with Gasteiger partial charge in [0.2, 0.25) is 5.91 Å². The molecule has 4 heterocycles. The molecule has 0 radical (unpaired) electrons. The van der Waals surface area contributed by atoms with Gasteiger partial charge in [-0.15, -0.1) is 11.3 Å². The molecule has 0 aliphatic carbocycles. The van der Waals surface area contributed by atoms with Gasteiger partial charge in [-0.2, -0.15) is 5.10 Å². The number of carbonyl (C=O) groups excluding carboxylic acids is 2. The zero-order valence-electron chi connectivity index (χ0n) is 16.4. The van der Waals surface area contributed by atoms with Crippen molar-refractivity contribution in [1.29, 1.82) is 0 Å². The van der Waals surface area contributed by atoms with Crippen LogP contribution in [0.15, 0.2) is 36.0 Å². The van der Waals surface area contributed by atoms with Crippen molar-refractivity contribution in [2.24, 2.45) is 5.92 Å². The quantitative estimate of drug-likeness (QED) is 0.666. The Morgan fingerprint density at radius 1 is 1.33 bits per heavy atom. The molecule has 10 heteroatoms. The molecule has 1 atom stereocenters. The number of aliphatic carboxylic acids is 1. The van der Waals surface area contributed by atoms with Gasteiger partial charge in [0.25, 0.3) is 5.91 Å². The molecule has 9 nitrogen and oxygen atoms in total. The third-order valence-corrected chi connectivity index (χ3v) is 6.14. The van der Waals surface area contributed by atoms with Gasteiger partial charge in [-0.3, -0.25) is 14.4 Å². The van der Waals surface area contributed by atoms with Crippen molar-refractivity contribution in [2.75, 3.05) is 26.7 Å². The van der Waals surface area contributed by atoms with Crippen molar-refractivity contribution in [1.82, 2.24) is 24.4 Å². The van der Waals surface area contributed by atoms with Gasteiger partial charge >= 0.3 is 5.97 Å². The molecule has 0 spiro atoms. The summed E-state index contributed by atoms with van der Waals surface area (Å²) in [6.07, 6.45) is 4.30.